The van der Waals surface area contributed by atoms with E-state index in [2.05, 4.69) is 0 Å². The van der Waals surface area contributed by atoms with Gasteiger partial charge in [-0.3, -0.25) is 14.5 Å². The van der Waals surface area contributed by atoms with Gasteiger partial charge in [0.2, 0.25) is 11.8 Å². The van der Waals surface area contributed by atoms with Crippen LogP contribution in [0.3, 0.4) is 0 Å². The van der Waals surface area contributed by atoms with Crippen LogP contribution >= 0.6 is 0 Å². The molecule has 3 heterocycles. The summed E-state index contributed by atoms with van der Waals surface area (Å²) < 4.78 is 13.2. The molecular formula is C22H25FN4O2. The minimum Gasteiger partial charge on any atom is -0.342 e. The number of hydrogen-bond acceptors (Lipinski definition) is 4. The highest BCUT2D eigenvalue weighted by molar-refractivity contribution is 5.95. The molecule has 2 aliphatic heterocycles. The molecule has 4 rings (SSSR count). The molecule has 0 bridgehead atoms. The fourth-order valence-corrected chi connectivity index (χ4v) is 4.14. The van der Waals surface area contributed by atoms with E-state index in [9.17, 15) is 14.0 Å². The van der Waals surface area contributed by atoms with Crippen LogP contribution in [0.5, 0.6) is 0 Å². The molecular weight excluding hydrogens is 371 g/mol. The van der Waals surface area contributed by atoms with Gasteiger partial charge < -0.3 is 4.90 Å². The topological polar surface area (TPSA) is 66.4 Å². The van der Waals surface area contributed by atoms with E-state index in [1.54, 1.807) is 17.0 Å². The number of rotatable bonds is 4. The Labute approximate surface area is 169 Å². The van der Waals surface area contributed by atoms with E-state index in [0.29, 0.717) is 44.0 Å². The second kappa shape index (κ2) is 7.89. The lowest BCUT2D eigenvalue weighted by Gasteiger charge is -2.30. The van der Waals surface area contributed by atoms with Gasteiger partial charge in [-0.2, -0.15) is 0 Å². The Morgan fingerprint density at radius 3 is 2.69 bits per heavy atom. The number of halogens is 1. The van der Waals surface area contributed by atoms with Gasteiger partial charge in [0.15, 0.2) is 0 Å². The lowest BCUT2D eigenvalue weighted by Crippen LogP contribution is -2.36. The largest absolute Gasteiger partial charge is 0.342 e. The van der Waals surface area contributed by atoms with Crippen LogP contribution in [0, 0.1) is 12.7 Å². The molecule has 0 N–H and O–H groups in total. The summed E-state index contributed by atoms with van der Waals surface area (Å²) in [4.78, 5) is 37.8. The minimum absolute atomic E-state index is 0.0140. The zero-order valence-electron chi connectivity index (χ0n) is 16.8. The zero-order chi connectivity index (χ0) is 20.5. The van der Waals surface area contributed by atoms with E-state index in [4.69, 9.17) is 9.97 Å². The molecule has 1 aromatic carbocycles. The Hall–Kier alpha value is -2.83. The Kier molecular flexibility index (Phi) is 5.30. The lowest BCUT2D eigenvalue weighted by atomic mass is 10.0. The predicted molar refractivity (Wildman–Crippen MR) is 107 cm³/mol. The molecule has 6 nitrogen and oxygen atoms in total. The third-order valence-corrected chi connectivity index (χ3v) is 5.82. The van der Waals surface area contributed by atoms with Crippen LogP contribution in [0.15, 0.2) is 24.3 Å². The first-order valence-electron chi connectivity index (χ1n) is 10.2. The van der Waals surface area contributed by atoms with Gasteiger partial charge in [-0.25, -0.2) is 14.4 Å². The molecule has 0 saturated carbocycles. The molecule has 2 aromatic rings. The maximum Gasteiger partial charge on any atom is 0.228 e. The van der Waals surface area contributed by atoms with Crippen molar-refractivity contribution in [2.24, 2.45) is 0 Å². The predicted octanol–water partition coefficient (Wildman–Crippen LogP) is 3.13. The Bertz CT molecular complexity index is 945. The smallest absolute Gasteiger partial charge is 0.228 e. The van der Waals surface area contributed by atoms with Crippen LogP contribution in [0.4, 0.5) is 10.2 Å². The number of amides is 2. The van der Waals surface area contributed by atoms with Gasteiger partial charge in [0.25, 0.3) is 0 Å². The van der Waals surface area contributed by atoms with E-state index in [-0.39, 0.29) is 23.5 Å². The molecule has 2 aliphatic rings. The molecule has 1 fully saturated rings. The fraction of sp³-hybridized carbons (Fsp3) is 0.455. The summed E-state index contributed by atoms with van der Waals surface area (Å²) in [6.45, 7) is 5.52. The van der Waals surface area contributed by atoms with Crippen molar-refractivity contribution in [3.05, 3.63) is 52.7 Å². The van der Waals surface area contributed by atoms with Crippen LogP contribution in [-0.4, -0.2) is 39.8 Å². The molecule has 7 heteroatoms. The number of benzene rings is 1. The highest BCUT2D eigenvalue weighted by Crippen LogP contribution is 2.33. The molecule has 0 radical (unpaired) electrons. The van der Waals surface area contributed by atoms with Crippen LogP contribution in [0.25, 0.3) is 0 Å². The molecule has 29 heavy (non-hydrogen) atoms. The third-order valence-electron chi connectivity index (χ3n) is 5.82. The monoisotopic (exact) mass is 396 g/mol. The van der Waals surface area contributed by atoms with E-state index in [1.165, 1.54) is 12.1 Å². The van der Waals surface area contributed by atoms with Gasteiger partial charge in [-0.1, -0.05) is 19.1 Å². The van der Waals surface area contributed by atoms with Gasteiger partial charge in [0.1, 0.15) is 17.5 Å². The molecule has 0 unspecified atom stereocenters. The van der Waals surface area contributed by atoms with Crippen molar-refractivity contribution < 1.29 is 14.0 Å². The van der Waals surface area contributed by atoms with Crippen molar-refractivity contribution in [1.82, 2.24) is 14.9 Å². The maximum atomic E-state index is 13.2. The van der Waals surface area contributed by atoms with Gasteiger partial charge in [0.05, 0.1) is 6.54 Å². The number of anilines is 1. The van der Waals surface area contributed by atoms with Crippen LogP contribution in [0.2, 0.25) is 0 Å². The van der Waals surface area contributed by atoms with Crippen molar-refractivity contribution in [3.63, 3.8) is 0 Å². The quantitative estimate of drug-likeness (QED) is 0.796. The molecule has 1 aromatic heterocycles. The summed E-state index contributed by atoms with van der Waals surface area (Å²) in [6, 6.07) is 6.19. The van der Waals surface area contributed by atoms with Crippen molar-refractivity contribution in [3.8, 4) is 0 Å². The number of carbonyl (C=O) groups excluding carboxylic acids is 2. The standard InChI is InChI=1S/C22H25FN4O2/c1-3-19(28)26-11-10-16(13-26)21-24-14(2)18-8-9-20(29)27(22(18)25-21)12-15-4-6-17(23)7-5-15/h4-7,16H,3,8-13H2,1-2H3/t16-/m0/s1. The van der Waals surface area contributed by atoms with Crippen molar-refractivity contribution in [1.29, 1.82) is 0 Å². The lowest BCUT2D eigenvalue weighted by molar-refractivity contribution is -0.129. The van der Waals surface area contributed by atoms with E-state index in [0.717, 1.165) is 29.8 Å². The highest BCUT2D eigenvalue weighted by atomic mass is 19.1. The van der Waals surface area contributed by atoms with E-state index < -0.39 is 0 Å². The number of carbonyl (C=O) groups is 2. The van der Waals surface area contributed by atoms with Crippen molar-refractivity contribution >= 4 is 17.6 Å². The molecule has 2 amide bonds. The summed E-state index contributed by atoms with van der Waals surface area (Å²) in [6.07, 6.45) is 2.37. The summed E-state index contributed by atoms with van der Waals surface area (Å²) in [7, 11) is 0. The summed E-state index contributed by atoms with van der Waals surface area (Å²) in [5.41, 5.74) is 2.74. The number of aryl methyl sites for hydroxylation is 1. The Morgan fingerprint density at radius 1 is 1.21 bits per heavy atom. The average molecular weight is 396 g/mol. The number of aromatic nitrogens is 2. The second-order valence-electron chi connectivity index (χ2n) is 7.75. The molecule has 0 spiro atoms. The van der Waals surface area contributed by atoms with Crippen LogP contribution in [-0.2, 0) is 22.6 Å². The van der Waals surface area contributed by atoms with Crippen molar-refractivity contribution in [2.75, 3.05) is 18.0 Å². The number of nitrogens with zero attached hydrogens (tertiary/aromatic N) is 4. The van der Waals surface area contributed by atoms with Gasteiger partial charge in [-0.05, 0) is 37.5 Å². The first-order valence-corrected chi connectivity index (χ1v) is 10.2. The summed E-state index contributed by atoms with van der Waals surface area (Å²) in [5, 5.41) is 0. The molecule has 152 valence electrons. The summed E-state index contributed by atoms with van der Waals surface area (Å²) in [5.74, 6) is 1.31. The number of hydrogen-bond donors (Lipinski definition) is 0. The van der Waals surface area contributed by atoms with Gasteiger partial charge in [0, 0.05) is 43.1 Å². The Morgan fingerprint density at radius 2 is 1.97 bits per heavy atom. The fourth-order valence-electron chi connectivity index (χ4n) is 4.14. The maximum absolute atomic E-state index is 13.2. The average Bonchev–Trinajstić information content (AvgIpc) is 3.21. The van der Waals surface area contributed by atoms with E-state index in [1.807, 2.05) is 18.7 Å². The molecule has 1 saturated heterocycles. The SMILES string of the molecule is CCC(=O)N1CC[C@H](c2nc(C)c3c(n2)N(Cc2ccc(F)cc2)C(=O)CC3)C1. The third kappa shape index (κ3) is 3.86. The first-order chi connectivity index (χ1) is 14.0. The number of fused-ring (bicyclic) bond motifs is 1. The zero-order valence-corrected chi connectivity index (χ0v) is 16.8. The molecule has 0 aliphatic carbocycles. The normalized spacial score (nSPS) is 18.9. The van der Waals surface area contributed by atoms with Crippen LogP contribution in [0.1, 0.15) is 54.7 Å². The van der Waals surface area contributed by atoms with Crippen LogP contribution < -0.4 is 4.90 Å². The van der Waals surface area contributed by atoms with Gasteiger partial charge in [-0.15, -0.1) is 0 Å². The highest BCUT2D eigenvalue weighted by Gasteiger charge is 2.32. The van der Waals surface area contributed by atoms with E-state index >= 15 is 0 Å². The minimum atomic E-state index is -0.299. The first kappa shape index (κ1) is 19.5. The molecule has 1 atom stereocenters. The second-order valence-corrected chi connectivity index (χ2v) is 7.75. The summed E-state index contributed by atoms with van der Waals surface area (Å²) >= 11 is 0. The van der Waals surface area contributed by atoms with Gasteiger partial charge >= 0.3 is 0 Å². The van der Waals surface area contributed by atoms with Crippen molar-refractivity contribution in [2.45, 2.75) is 52.0 Å². The Balaban J connectivity index is 1.64. The number of likely N-dealkylation sites (tertiary alicyclic amines) is 1.